The molecule has 1 atom stereocenters. The molecule has 1 aliphatic rings. The number of nitrogens with one attached hydrogen (secondary N) is 1. The third-order valence-electron chi connectivity index (χ3n) is 4.50. The molecule has 1 heteroatoms. The Balaban J connectivity index is 1.99. The predicted octanol–water partition coefficient (Wildman–Crippen LogP) is 3.95. The Hall–Kier alpha value is -0.820. The summed E-state index contributed by atoms with van der Waals surface area (Å²) in [7, 11) is 0. The van der Waals surface area contributed by atoms with Crippen molar-refractivity contribution in [1.82, 2.24) is 5.32 Å². The molecule has 94 valence electrons. The van der Waals surface area contributed by atoms with Gasteiger partial charge in [0, 0.05) is 12.6 Å². The first-order chi connectivity index (χ1) is 8.00. The number of hydrogen-bond acceptors (Lipinski definition) is 1. The monoisotopic (exact) mass is 231 g/mol. The van der Waals surface area contributed by atoms with Gasteiger partial charge < -0.3 is 5.32 Å². The summed E-state index contributed by atoms with van der Waals surface area (Å²) in [4.78, 5) is 0. The van der Waals surface area contributed by atoms with Crippen molar-refractivity contribution in [3.63, 3.8) is 0 Å². The molecule has 0 saturated heterocycles. The minimum absolute atomic E-state index is 0.373. The molecule has 1 aromatic rings. The van der Waals surface area contributed by atoms with Crippen LogP contribution in [0.3, 0.4) is 0 Å². The van der Waals surface area contributed by atoms with Gasteiger partial charge in [-0.1, -0.05) is 52.0 Å². The number of fused-ring (bicyclic) bond motifs is 1. The van der Waals surface area contributed by atoms with Gasteiger partial charge in [0.25, 0.3) is 0 Å². The Morgan fingerprint density at radius 2 is 2.00 bits per heavy atom. The zero-order chi connectivity index (χ0) is 12.5. The fourth-order valence-corrected chi connectivity index (χ4v) is 2.36. The second-order valence-corrected chi connectivity index (χ2v) is 6.31. The van der Waals surface area contributed by atoms with Gasteiger partial charge in [0.1, 0.15) is 0 Å². The second-order valence-electron chi connectivity index (χ2n) is 6.31. The molecule has 1 aromatic carbocycles. The summed E-state index contributed by atoms with van der Waals surface area (Å²) >= 11 is 0. The van der Waals surface area contributed by atoms with Gasteiger partial charge in [0.2, 0.25) is 0 Å². The fourth-order valence-electron chi connectivity index (χ4n) is 2.36. The lowest BCUT2D eigenvalue weighted by Crippen LogP contribution is -2.35. The van der Waals surface area contributed by atoms with Crippen LogP contribution in [0.25, 0.3) is 0 Å². The molecule has 2 rings (SSSR count). The molecule has 0 fully saturated rings. The second kappa shape index (κ2) is 4.81. The van der Waals surface area contributed by atoms with E-state index in [9.17, 15) is 0 Å². The van der Waals surface area contributed by atoms with Crippen LogP contribution in [0, 0.1) is 11.3 Å². The van der Waals surface area contributed by atoms with Crippen LogP contribution in [0.5, 0.6) is 0 Å². The average molecular weight is 231 g/mol. The minimum atomic E-state index is 0.373. The van der Waals surface area contributed by atoms with E-state index in [1.54, 1.807) is 0 Å². The van der Waals surface area contributed by atoms with Crippen LogP contribution in [0.4, 0.5) is 0 Å². The fraction of sp³-hybridized carbons (Fsp3) is 0.625. The van der Waals surface area contributed by atoms with Crippen molar-refractivity contribution in [2.24, 2.45) is 11.3 Å². The molecule has 0 radical (unpaired) electrons. The molecule has 1 unspecified atom stereocenters. The Morgan fingerprint density at radius 1 is 1.29 bits per heavy atom. The quantitative estimate of drug-likeness (QED) is 0.827. The van der Waals surface area contributed by atoms with Gasteiger partial charge in [-0.2, -0.15) is 0 Å². The lowest BCUT2D eigenvalue weighted by atomic mass is 9.81. The summed E-state index contributed by atoms with van der Waals surface area (Å²) in [5.74, 6) is 0.714. The normalized spacial score (nSPS) is 19.7. The summed E-state index contributed by atoms with van der Waals surface area (Å²) in [5, 5.41) is 3.76. The van der Waals surface area contributed by atoms with Crippen molar-refractivity contribution >= 4 is 0 Å². The van der Waals surface area contributed by atoms with Crippen LogP contribution in [0.15, 0.2) is 24.3 Å². The molecule has 0 spiro atoms. The van der Waals surface area contributed by atoms with Crippen LogP contribution in [0.2, 0.25) is 0 Å². The van der Waals surface area contributed by atoms with Gasteiger partial charge in [-0.3, -0.25) is 0 Å². The van der Waals surface area contributed by atoms with E-state index in [1.807, 2.05) is 0 Å². The largest absolute Gasteiger partial charge is 0.309 e. The minimum Gasteiger partial charge on any atom is -0.309 e. The van der Waals surface area contributed by atoms with E-state index in [-0.39, 0.29) is 0 Å². The Bertz CT molecular complexity index is 379. The standard InChI is InChI=1S/C16H25N/c1-12(2)16(3,4)11-17-15-10-9-13-7-5-6-8-14(13)15/h5-8,12,15,17H,9-11H2,1-4H3. The van der Waals surface area contributed by atoms with E-state index in [2.05, 4.69) is 57.3 Å². The summed E-state index contributed by atoms with van der Waals surface area (Å²) in [6.45, 7) is 10.4. The lowest BCUT2D eigenvalue weighted by molar-refractivity contribution is 0.228. The Morgan fingerprint density at radius 3 is 2.71 bits per heavy atom. The smallest absolute Gasteiger partial charge is 0.0326 e. The highest BCUT2D eigenvalue weighted by Crippen LogP contribution is 2.32. The Kier molecular flexibility index (Phi) is 3.58. The van der Waals surface area contributed by atoms with Crippen molar-refractivity contribution in [1.29, 1.82) is 0 Å². The van der Waals surface area contributed by atoms with Gasteiger partial charge in [-0.15, -0.1) is 0 Å². The molecule has 0 amide bonds. The van der Waals surface area contributed by atoms with E-state index >= 15 is 0 Å². The molecule has 1 N–H and O–H groups in total. The molecule has 17 heavy (non-hydrogen) atoms. The molecular weight excluding hydrogens is 206 g/mol. The summed E-state index contributed by atoms with van der Waals surface area (Å²) in [6.07, 6.45) is 2.49. The third kappa shape index (κ3) is 2.71. The first-order valence-corrected chi connectivity index (χ1v) is 6.82. The zero-order valence-electron chi connectivity index (χ0n) is 11.6. The number of aryl methyl sites for hydroxylation is 1. The predicted molar refractivity (Wildman–Crippen MR) is 74.1 cm³/mol. The van der Waals surface area contributed by atoms with Gasteiger partial charge in [0.15, 0.2) is 0 Å². The van der Waals surface area contributed by atoms with Crippen LogP contribution < -0.4 is 5.32 Å². The highest BCUT2D eigenvalue weighted by molar-refractivity contribution is 5.34. The summed E-state index contributed by atoms with van der Waals surface area (Å²) in [5.41, 5.74) is 3.43. The van der Waals surface area contributed by atoms with E-state index < -0.39 is 0 Å². The molecule has 1 nitrogen and oxygen atoms in total. The van der Waals surface area contributed by atoms with E-state index in [0.29, 0.717) is 17.4 Å². The van der Waals surface area contributed by atoms with Gasteiger partial charge >= 0.3 is 0 Å². The maximum atomic E-state index is 3.76. The average Bonchev–Trinajstić information content (AvgIpc) is 2.69. The SMILES string of the molecule is CC(C)C(C)(C)CNC1CCc2ccccc21. The first kappa shape index (κ1) is 12.6. The van der Waals surface area contributed by atoms with Crippen LogP contribution >= 0.6 is 0 Å². The van der Waals surface area contributed by atoms with Crippen molar-refractivity contribution in [3.05, 3.63) is 35.4 Å². The topological polar surface area (TPSA) is 12.0 Å². The number of rotatable bonds is 4. The van der Waals surface area contributed by atoms with Crippen molar-refractivity contribution in [2.75, 3.05) is 6.54 Å². The molecule has 1 aliphatic carbocycles. The summed E-state index contributed by atoms with van der Waals surface area (Å²) in [6, 6.07) is 9.43. The van der Waals surface area contributed by atoms with Crippen molar-refractivity contribution < 1.29 is 0 Å². The molecule has 0 aromatic heterocycles. The lowest BCUT2D eigenvalue weighted by Gasteiger charge is -2.31. The van der Waals surface area contributed by atoms with Crippen LogP contribution in [-0.2, 0) is 6.42 Å². The van der Waals surface area contributed by atoms with E-state index in [0.717, 1.165) is 6.54 Å². The van der Waals surface area contributed by atoms with Crippen molar-refractivity contribution in [2.45, 2.75) is 46.6 Å². The highest BCUT2D eigenvalue weighted by Gasteiger charge is 2.26. The van der Waals surface area contributed by atoms with Crippen LogP contribution in [-0.4, -0.2) is 6.54 Å². The maximum Gasteiger partial charge on any atom is 0.0326 e. The number of benzene rings is 1. The molecular formula is C16H25N. The van der Waals surface area contributed by atoms with Gasteiger partial charge in [-0.25, -0.2) is 0 Å². The van der Waals surface area contributed by atoms with Gasteiger partial charge in [0.05, 0.1) is 0 Å². The van der Waals surface area contributed by atoms with E-state index in [1.165, 1.54) is 24.0 Å². The van der Waals surface area contributed by atoms with E-state index in [4.69, 9.17) is 0 Å². The number of hydrogen-bond donors (Lipinski definition) is 1. The third-order valence-corrected chi connectivity index (χ3v) is 4.50. The van der Waals surface area contributed by atoms with Crippen molar-refractivity contribution in [3.8, 4) is 0 Å². The highest BCUT2D eigenvalue weighted by atomic mass is 14.9. The molecule has 0 saturated carbocycles. The van der Waals surface area contributed by atoms with Crippen LogP contribution in [0.1, 0.15) is 51.3 Å². The molecule has 0 heterocycles. The molecule has 0 bridgehead atoms. The Labute approximate surface area is 106 Å². The maximum absolute atomic E-state index is 3.76. The first-order valence-electron chi connectivity index (χ1n) is 6.82. The summed E-state index contributed by atoms with van der Waals surface area (Å²) < 4.78 is 0. The molecule has 0 aliphatic heterocycles. The zero-order valence-corrected chi connectivity index (χ0v) is 11.6. The van der Waals surface area contributed by atoms with Gasteiger partial charge in [-0.05, 0) is 35.3 Å².